The number of aliphatic hydroxyl groups is 1. The molecule has 1 N–H and O–H groups in total. The molecule has 78 valence electrons. The van der Waals surface area contributed by atoms with Crippen LogP contribution in [0.15, 0.2) is 4.52 Å². The van der Waals surface area contributed by atoms with Crippen LogP contribution >= 0.6 is 0 Å². The van der Waals surface area contributed by atoms with Crippen molar-refractivity contribution in [2.75, 3.05) is 19.8 Å². The van der Waals surface area contributed by atoms with Crippen molar-refractivity contribution >= 4 is 0 Å². The van der Waals surface area contributed by atoms with Crippen molar-refractivity contribution < 1.29 is 14.4 Å². The molecule has 0 bridgehead atoms. The Morgan fingerprint density at radius 1 is 1.50 bits per heavy atom. The zero-order valence-electron chi connectivity index (χ0n) is 7.98. The van der Waals surface area contributed by atoms with Gasteiger partial charge in [-0.25, -0.2) is 0 Å². The predicted molar refractivity (Wildman–Crippen MR) is 47.9 cm³/mol. The summed E-state index contributed by atoms with van der Waals surface area (Å²) in [5.74, 6) is 1.65. The third-order valence-electron chi connectivity index (χ3n) is 2.33. The summed E-state index contributed by atoms with van der Waals surface area (Å²) in [4.78, 5) is 4.26. The topological polar surface area (TPSA) is 68.4 Å². The van der Waals surface area contributed by atoms with Crippen LogP contribution < -0.4 is 0 Å². The minimum Gasteiger partial charge on any atom is -0.396 e. The molecule has 1 aromatic heterocycles. The Bertz CT molecular complexity index is 281. The van der Waals surface area contributed by atoms with Crippen molar-refractivity contribution in [2.45, 2.75) is 25.2 Å². The first-order valence-electron chi connectivity index (χ1n) is 4.91. The standard InChI is InChI=1S/C9H14N2O3/c12-4-1-2-8-10-9(11-14-8)7-3-5-13-6-7/h7,12H,1-6H2. The molecule has 0 radical (unpaired) electrons. The third-order valence-corrected chi connectivity index (χ3v) is 2.33. The van der Waals surface area contributed by atoms with Crippen LogP contribution in [0.25, 0.3) is 0 Å². The van der Waals surface area contributed by atoms with Crippen molar-refractivity contribution in [1.29, 1.82) is 0 Å². The quantitative estimate of drug-likeness (QED) is 0.762. The number of aromatic nitrogens is 2. The molecule has 0 aromatic carbocycles. The summed E-state index contributed by atoms with van der Waals surface area (Å²) in [6, 6.07) is 0. The van der Waals surface area contributed by atoms with E-state index in [-0.39, 0.29) is 6.61 Å². The average Bonchev–Trinajstić information content (AvgIpc) is 2.85. The van der Waals surface area contributed by atoms with Crippen LogP contribution in [0.5, 0.6) is 0 Å². The maximum Gasteiger partial charge on any atom is 0.226 e. The van der Waals surface area contributed by atoms with E-state index in [1.807, 2.05) is 0 Å². The second-order valence-corrected chi connectivity index (χ2v) is 3.43. The molecule has 5 nitrogen and oxygen atoms in total. The Morgan fingerprint density at radius 2 is 2.43 bits per heavy atom. The molecule has 5 heteroatoms. The number of ether oxygens (including phenoxy) is 1. The van der Waals surface area contributed by atoms with Crippen LogP contribution in [0.3, 0.4) is 0 Å². The summed E-state index contributed by atoms with van der Waals surface area (Å²) in [6.07, 6.45) is 2.29. The number of rotatable bonds is 4. The van der Waals surface area contributed by atoms with E-state index in [4.69, 9.17) is 14.4 Å². The van der Waals surface area contributed by atoms with Crippen LogP contribution in [0.4, 0.5) is 0 Å². The van der Waals surface area contributed by atoms with Gasteiger partial charge < -0.3 is 14.4 Å². The number of hydrogen-bond donors (Lipinski definition) is 1. The summed E-state index contributed by atoms with van der Waals surface area (Å²) in [6.45, 7) is 1.63. The largest absolute Gasteiger partial charge is 0.396 e. The summed E-state index contributed by atoms with van der Waals surface area (Å²) in [5, 5.41) is 12.5. The maximum absolute atomic E-state index is 8.64. The molecule has 1 aliphatic rings. The fourth-order valence-electron chi connectivity index (χ4n) is 1.50. The normalized spacial score (nSPS) is 21.6. The predicted octanol–water partition coefficient (Wildman–Crippen LogP) is 0.498. The molecule has 1 fully saturated rings. The van der Waals surface area contributed by atoms with Crippen molar-refractivity contribution in [2.24, 2.45) is 0 Å². The van der Waals surface area contributed by atoms with Gasteiger partial charge in [0.15, 0.2) is 5.82 Å². The lowest BCUT2D eigenvalue weighted by Gasteiger charge is -1.97. The van der Waals surface area contributed by atoms with Crippen molar-refractivity contribution in [3.63, 3.8) is 0 Å². The summed E-state index contributed by atoms with van der Waals surface area (Å²) >= 11 is 0. The van der Waals surface area contributed by atoms with E-state index in [1.54, 1.807) is 0 Å². The molecule has 0 amide bonds. The van der Waals surface area contributed by atoms with E-state index in [9.17, 15) is 0 Å². The van der Waals surface area contributed by atoms with Gasteiger partial charge in [0.05, 0.1) is 6.61 Å². The van der Waals surface area contributed by atoms with E-state index in [2.05, 4.69) is 10.1 Å². The van der Waals surface area contributed by atoms with Gasteiger partial charge in [-0.1, -0.05) is 5.16 Å². The van der Waals surface area contributed by atoms with Crippen LogP contribution in [0, 0.1) is 0 Å². The van der Waals surface area contributed by atoms with Crippen molar-refractivity contribution in [1.82, 2.24) is 10.1 Å². The SMILES string of the molecule is OCCCc1nc(C2CCOC2)no1. The smallest absolute Gasteiger partial charge is 0.226 e. The lowest BCUT2D eigenvalue weighted by Crippen LogP contribution is -2.00. The van der Waals surface area contributed by atoms with Gasteiger partial charge in [-0.3, -0.25) is 0 Å². The van der Waals surface area contributed by atoms with E-state index in [0.29, 0.717) is 31.3 Å². The fourth-order valence-corrected chi connectivity index (χ4v) is 1.50. The number of aliphatic hydroxyl groups excluding tert-OH is 1. The lowest BCUT2D eigenvalue weighted by molar-refractivity contribution is 0.192. The van der Waals surface area contributed by atoms with E-state index in [0.717, 1.165) is 18.9 Å². The zero-order valence-corrected chi connectivity index (χ0v) is 7.98. The molecule has 2 heterocycles. The Kier molecular flexibility index (Phi) is 3.10. The monoisotopic (exact) mass is 198 g/mol. The van der Waals surface area contributed by atoms with Gasteiger partial charge >= 0.3 is 0 Å². The first-order valence-corrected chi connectivity index (χ1v) is 4.91. The highest BCUT2D eigenvalue weighted by Gasteiger charge is 2.22. The molecule has 1 atom stereocenters. The van der Waals surface area contributed by atoms with Gasteiger partial charge in [-0.2, -0.15) is 4.98 Å². The number of hydrogen-bond acceptors (Lipinski definition) is 5. The van der Waals surface area contributed by atoms with Gasteiger partial charge in [0.25, 0.3) is 0 Å². The Hall–Kier alpha value is -0.940. The van der Waals surface area contributed by atoms with E-state index in [1.165, 1.54) is 0 Å². The van der Waals surface area contributed by atoms with Gasteiger partial charge in [0.2, 0.25) is 5.89 Å². The molecule has 1 aromatic rings. The van der Waals surface area contributed by atoms with E-state index < -0.39 is 0 Å². The van der Waals surface area contributed by atoms with Gasteiger partial charge in [-0.15, -0.1) is 0 Å². The molecule has 2 rings (SSSR count). The molecule has 0 aliphatic carbocycles. The van der Waals surface area contributed by atoms with Gasteiger partial charge in [-0.05, 0) is 12.8 Å². The van der Waals surface area contributed by atoms with Crippen LogP contribution in [0.1, 0.15) is 30.5 Å². The second kappa shape index (κ2) is 4.52. The Labute approximate surface area is 82.1 Å². The maximum atomic E-state index is 8.64. The highest BCUT2D eigenvalue weighted by Crippen LogP contribution is 2.22. The van der Waals surface area contributed by atoms with E-state index >= 15 is 0 Å². The minimum absolute atomic E-state index is 0.157. The van der Waals surface area contributed by atoms with Crippen molar-refractivity contribution in [3.05, 3.63) is 11.7 Å². The van der Waals surface area contributed by atoms with Crippen LogP contribution in [-0.4, -0.2) is 35.1 Å². The fraction of sp³-hybridized carbons (Fsp3) is 0.778. The van der Waals surface area contributed by atoms with Gasteiger partial charge in [0.1, 0.15) is 0 Å². The molecular formula is C9H14N2O3. The highest BCUT2D eigenvalue weighted by atomic mass is 16.5. The molecular weight excluding hydrogens is 184 g/mol. The second-order valence-electron chi connectivity index (χ2n) is 3.43. The first-order chi connectivity index (χ1) is 6.90. The molecule has 14 heavy (non-hydrogen) atoms. The average molecular weight is 198 g/mol. The van der Waals surface area contributed by atoms with Crippen molar-refractivity contribution in [3.8, 4) is 0 Å². The molecule has 0 saturated carbocycles. The molecule has 1 unspecified atom stereocenters. The number of nitrogens with zero attached hydrogens (tertiary/aromatic N) is 2. The Balaban J connectivity index is 1.94. The summed E-state index contributed by atoms with van der Waals surface area (Å²) < 4.78 is 10.3. The third kappa shape index (κ3) is 2.10. The molecule has 1 saturated heterocycles. The first kappa shape index (κ1) is 9.61. The zero-order chi connectivity index (χ0) is 9.80. The van der Waals surface area contributed by atoms with Crippen LogP contribution in [-0.2, 0) is 11.2 Å². The molecule has 1 aliphatic heterocycles. The summed E-state index contributed by atoms with van der Waals surface area (Å²) in [7, 11) is 0. The Morgan fingerprint density at radius 3 is 3.14 bits per heavy atom. The molecule has 0 spiro atoms. The lowest BCUT2D eigenvalue weighted by atomic mass is 10.1. The highest BCUT2D eigenvalue weighted by molar-refractivity contribution is 4.97. The van der Waals surface area contributed by atoms with Crippen LogP contribution in [0.2, 0.25) is 0 Å². The van der Waals surface area contributed by atoms with Gasteiger partial charge in [0, 0.05) is 25.6 Å². The number of aryl methyl sites for hydroxylation is 1. The summed E-state index contributed by atoms with van der Waals surface area (Å²) in [5.41, 5.74) is 0. The minimum atomic E-state index is 0.157.